The molecule has 1 saturated heterocycles. The van der Waals surface area contributed by atoms with E-state index in [1.807, 2.05) is 4.90 Å². The van der Waals surface area contributed by atoms with Gasteiger partial charge in [-0.3, -0.25) is 9.69 Å². The summed E-state index contributed by atoms with van der Waals surface area (Å²) in [6.45, 7) is 2.74. The number of halogens is 7. The number of amides is 3. The lowest BCUT2D eigenvalue weighted by Gasteiger charge is -2.35. The molecule has 0 saturated carbocycles. The predicted octanol–water partition coefficient (Wildman–Crippen LogP) is 3.99. The third-order valence-corrected chi connectivity index (χ3v) is 6.77. The number of urea groups is 1. The summed E-state index contributed by atoms with van der Waals surface area (Å²) in [5, 5.41) is 23.5. The summed E-state index contributed by atoms with van der Waals surface area (Å²) in [7, 11) is 0. The Hall–Kier alpha value is -3.43. The van der Waals surface area contributed by atoms with Crippen molar-refractivity contribution in [1.29, 1.82) is 0 Å². The fourth-order valence-corrected chi connectivity index (χ4v) is 4.26. The van der Waals surface area contributed by atoms with Crippen molar-refractivity contribution in [1.82, 2.24) is 15.1 Å². The van der Waals surface area contributed by atoms with Crippen molar-refractivity contribution in [2.75, 3.05) is 38.1 Å². The van der Waals surface area contributed by atoms with E-state index < -0.39 is 47.3 Å². The molecular weight excluding hydrogens is 565 g/mol. The van der Waals surface area contributed by atoms with E-state index in [1.54, 1.807) is 6.92 Å². The van der Waals surface area contributed by atoms with Gasteiger partial charge in [0.1, 0.15) is 5.82 Å². The summed E-state index contributed by atoms with van der Waals surface area (Å²) < 4.78 is 93.1. The van der Waals surface area contributed by atoms with Gasteiger partial charge in [-0.2, -0.15) is 26.3 Å². The minimum Gasteiger partial charge on any atom is -0.394 e. The van der Waals surface area contributed by atoms with Crippen LogP contribution in [-0.2, 0) is 12.1 Å². The number of alkyl halides is 6. The van der Waals surface area contributed by atoms with Crippen LogP contribution in [0.2, 0.25) is 0 Å². The molecule has 1 heterocycles. The highest BCUT2D eigenvalue weighted by atomic mass is 19.4. The number of benzene rings is 2. The van der Waals surface area contributed by atoms with Crippen molar-refractivity contribution < 1.29 is 50.5 Å². The van der Waals surface area contributed by atoms with Crippen molar-refractivity contribution in [3.63, 3.8) is 0 Å². The zero-order valence-electron chi connectivity index (χ0n) is 21.8. The Morgan fingerprint density at radius 1 is 0.951 bits per heavy atom. The SMILES string of the molecule is CCC(CO)NC(=O)Nc1ccc(C(=O)N2CCN(Cc3ccc(C(O)(C(F)(F)F)C(F)(F)F)cc3)CC2)cc1F. The van der Waals surface area contributed by atoms with Crippen LogP contribution in [0.3, 0.4) is 0 Å². The number of aliphatic hydroxyl groups excluding tert-OH is 1. The zero-order valence-corrected chi connectivity index (χ0v) is 21.8. The number of carbonyl (C=O) groups is 2. The topological polar surface area (TPSA) is 105 Å². The smallest absolute Gasteiger partial charge is 0.394 e. The summed E-state index contributed by atoms with van der Waals surface area (Å²) in [6, 6.07) is 5.66. The molecule has 0 spiro atoms. The summed E-state index contributed by atoms with van der Waals surface area (Å²) in [5.74, 6) is -1.30. The molecule has 0 aliphatic carbocycles. The lowest BCUT2D eigenvalue weighted by molar-refractivity contribution is -0.376. The lowest BCUT2D eigenvalue weighted by atomic mass is 9.91. The molecule has 15 heteroatoms. The average molecular weight is 595 g/mol. The van der Waals surface area contributed by atoms with Crippen molar-refractivity contribution in [3.8, 4) is 0 Å². The monoisotopic (exact) mass is 594 g/mol. The van der Waals surface area contributed by atoms with Gasteiger partial charge in [0.25, 0.3) is 11.5 Å². The first-order chi connectivity index (χ1) is 19.1. The molecule has 0 radical (unpaired) electrons. The summed E-state index contributed by atoms with van der Waals surface area (Å²) in [5.41, 5.74) is -6.06. The molecule has 1 unspecified atom stereocenters. The molecule has 8 nitrogen and oxygen atoms in total. The molecule has 1 fully saturated rings. The van der Waals surface area contributed by atoms with Crippen molar-refractivity contribution >= 4 is 17.6 Å². The molecule has 2 aromatic carbocycles. The van der Waals surface area contributed by atoms with Gasteiger partial charge in [-0.25, -0.2) is 9.18 Å². The van der Waals surface area contributed by atoms with Crippen molar-refractivity contribution in [2.24, 2.45) is 0 Å². The van der Waals surface area contributed by atoms with E-state index in [4.69, 9.17) is 5.11 Å². The maximum absolute atomic E-state index is 14.6. The summed E-state index contributed by atoms with van der Waals surface area (Å²) in [4.78, 5) is 28.2. The fraction of sp³-hybridized carbons (Fsp3) is 0.462. The first-order valence-electron chi connectivity index (χ1n) is 12.6. The summed E-state index contributed by atoms with van der Waals surface area (Å²) in [6.07, 6.45) is -11.5. The van der Waals surface area contributed by atoms with Crippen LogP contribution in [-0.4, -0.2) is 83.1 Å². The van der Waals surface area contributed by atoms with E-state index in [2.05, 4.69) is 10.6 Å². The maximum Gasteiger partial charge on any atom is 0.430 e. The largest absolute Gasteiger partial charge is 0.430 e. The molecule has 1 aliphatic heterocycles. The molecule has 1 atom stereocenters. The van der Waals surface area contributed by atoms with Crippen LogP contribution in [0.5, 0.6) is 0 Å². The van der Waals surface area contributed by atoms with Crippen LogP contribution in [0.4, 0.5) is 41.2 Å². The molecule has 3 amide bonds. The molecule has 41 heavy (non-hydrogen) atoms. The van der Waals surface area contributed by atoms with E-state index in [1.165, 1.54) is 17.0 Å². The van der Waals surface area contributed by atoms with Crippen LogP contribution in [0.25, 0.3) is 0 Å². The number of aliphatic hydroxyl groups is 2. The number of hydrogen-bond donors (Lipinski definition) is 4. The normalized spacial score (nSPS) is 15.9. The second kappa shape index (κ2) is 12.6. The predicted molar refractivity (Wildman–Crippen MR) is 133 cm³/mol. The molecule has 226 valence electrons. The Labute approximate surface area is 230 Å². The van der Waals surface area contributed by atoms with E-state index in [-0.39, 0.29) is 37.5 Å². The third kappa shape index (κ3) is 7.26. The highest BCUT2D eigenvalue weighted by Gasteiger charge is 2.71. The van der Waals surface area contributed by atoms with Crippen LogP contribution in [0.15, 0.2) is 42.5 Å². The number of rotatable bonds is 8. The first kappa shape index (κ1) is 32.1. The minimum atomic E-state index is -5.97. The molecule has 0 aromatic heterocycles. The summed E-state index contributed by atoms with van der Waals surface area (Å²) >= 11 is 0. The second-order valence-corrected chi connectivity index (χ2v) is 9.55. The standard InChI is InChI=1S/C26H29F7N4O4/c1-2-19(15-38)34-23(40)35-21-8-5-17(13-20(21)27)22(39)37-11-9-36(10-12-37)14-16-3-6-18(7-4-16)24(41,25(28,29)30)26(31,32)33/h3-8,13,19,38,41H,2,9-12,14-15H2,1H3,(H2,34,35,40). The maximum atomic E-state index is 14.6. The zero-order chi connectivity index (χ0) is 30.6. The van der Waals surface area contributed by atoms with E-state index in [9.17, 15) is 45.4 Å². The highest BCUT2D eigenvalue weighted by Crippen LogP contribution is 2.50. The van der Waals surface area contributed by atoms with Gasteiger partial charge in [0, 0.05) is 43.9 Å². The number of piperazine rings is 1. The molecule has 3 rings (SSSR count). The molecule has 2 aromatic rings. The Morgan fingerprint density at radius 3 is 2.02 bits per heavy atom. The molecule has 1 aliphatic rings. The van der Waals surface area contributed by atoms with Gasteiger partial charge in [0.15, 0.2) is 0 Å². The van der Waals surface area contributed by atoms with E-state index in [0.29, 0.717) is 37.2 Å². The van der Waals surface area contributed by atoms with Gasteiger partial charge in [-0.05, 0) is 30.2 Å². The number of nitrogens with one attached hydrogen (secondary N) is 2. The number of hydrogen-bond acceptors (Lipinski definition) is 5. The lowest BCUT2D eigenvalue weighted by Crippen LogP contribution is -2.53. The third-order valence-electron chi connectivity index (χ3n) is 6.77. The fourth-order valence-electron chi connectivity index (χ4n) is 4.26. The van der Waals surface area contributed by atoms with Gasteiger partial charge in [-0.15, -0.1) is 0 Å². The van der Waals surface area contributed by atoms with Gasteiger partial charge >= 0.3 is 18.4 Å². The van der Waals surface area contributed by atoms with Gasteiger partial charge < -0.3 is 25.7 Å². The van der Waals surface area contributed by atoms with Crippen LogP contribution in [0, 0.1) is 5.82 Å². The molecule has 4 N–H and O–H groups in total. The highest BCUT2D eigenvalue weighted by molar-refractivity contribution is 5.95. The molecule has 0 bridgehead atoms. The van der Waals surface area contributed by atoms with Gasteiger partial charge in [-0.1, -0.05) is 31.2 Å². The Kier molecular flexibility index (Phi) is 9.87. The number of carbonyl (C=O) groups excluding carboxylic acids is 2. The van der Waals surface area contributed by atoms with Crippen molar-refractivity contribution in [3.05, 3.63) is 65.0 Å². The quantitative estimate of drug-likeness (QED) is 0.346. The number of nitrogens with zero attached hydrogens (tertiary/aromatic N) is 2. The average Bonchev–Trinajstić information content (AvgIpc) is 2.91. The van der Waals surface area contributed by atoms with Gasteiger partial charge in [0.05, 0.1) is 18.3 Å². The van der Waals surface area contributed by atoms with Crippen molar-refractivity contribution in [2.45, 2.75) is 43.9 Å². The van der Waals surface area contributed by atoms with Crippen LogP contribution in [0.1, 0.15) is 34.8 Å². The second-order valence-electron chi connectivity index (χ2n) is 9.55. The first-order valence-corrected chi connectivity index (χ1v) is 12.6. The Balaban J connectivity index is 1.57. The van der Waals surface area contributed by atoms with Gasteiger partial charge in [0.2, 0.25) is 0 Å². The minimum absolute atomic E-state index is 0.0427. The Bertz CT molecular complexity index is 1200. The number of anilines is 1. The Morgan fingerprint density at radius 2 is 1.54 bits per heavy atom. The van der Waals surface area contributed by atoms with Crippen LogP contribution >= 0.6 is 0 Å². The molecular formula is C26H29F7N4O4. The van der Waals surface area contributed by atoms with E-state index in [0.717, 1.165) is 18.2 Å². The van der Waals surface area contributed by atoms with E-state index >= 15 is 0 Å². The van der Waals surface area contributed by atoms with Crippen LogP contribution < -0.4 is 10.6 Å².